The Bertz CT molecular complexity index is 519. The summed E-state index contributed by atoms with van der Waals surface area (Å²) in [5.74, 6) is -0.896. The van der Waals surface area contributed by atoms with Crippen LogP contribution in [0.2, 0.25) is 0 Å². The molecule has 0 saturated carbocycles. The Hall–Kier alpha value is -1.88. The van der Waals surface area contributed by atoms with E-state index in [1.54, 1.807) is 4.90 Å². The fraction of sp³-hybridized carbons (Fsp3) is 0.500. The fourth-order valence-corrected chi connectivity index (χ4v) is 2.61. The van der Waals surface area contributed by atoms with Crippen molar-refractivity contribution in [3.63, 3.8) is 0 Å². The van der Waals surface area contributed by atoms with Gasteiger partial charge in [0.1, 0.15) is 0 Å². The number of anilines is 1. The van der Waals surface area contributed by atoms with E-state index >= 15 is 0 Å². The average molecular weight is 290 g/mol. The summed E-state index contributed by atoms with van der Waals surface area (Å²) in [6.45, 7) is 5.59. The van der Waals surface area contributed by atoms with Gasteiger partial charge >= 0.3 is 5.97 Å². The zero-order valence-corrected chi connectivity index (χ0v) is 12.6. The van der Waals surface area contributed by atoms with Crippen molar-refractivity contribution in [2.45, 2.75) is 26.7 Å². The first-order valence-corrected chi connectivity index (χ1v) is 7.23. The lowest BCUT2D eigenvalue weighted by atomic mass is 9.87. The Balaban J connectivity index is 2.24. The molecule has 5 nitrogen and oxygen atoms in total. The molecule has 114 valence electrons. The lowest BCUT2D eigenvalue weighted by Crippen LogP contribution is -2.44. The van der Waals surface area contributed by atoms with Crippen LogP contribution in [0.4, 0.5) is 5.69 Å². The van der Waals surface area contributed by atoms with Gasteiger partial charge in [-0.1, -0.05) is 17.7 Å². The van der Waals surface area contributed by atoms with E-state index < -0.39 is 11.4 Å². The average Bonchev–Trinajstić information content (AvgIpc) is 2.88. The number of aliphatic carboxylic acids is 1. The molecule has 0 bridgehead atoms. The highest BCUT2D eigenvalue weighted by atomic mass is 16.4. The van der Waals surface area contributed by atoms with Crippen molar-refractivity contribution in [2.24, 2.45) is 5.41 Å². The minimum absolute atomic E-state index is 0.00222. The van der Waals surface area contributed by atoms with Crippen molar-refractivity contribution in [2.75, 3.05) is 24.5 Å². The van der Waals surface area contributed by atoms with E-state index in [9.17, 15) is 9.59 Å². The van der Waals surface area contributed by atoms with E-state index in [1.807, 2.05) is 38.1 Å². The number of aryl methyl sites for hydroxylation is 1. The number of rotatable bonds is 5. The summed E-state index contributed by atoms with van der Waals surface area (Å²) in [4.78, 5) is 25.3. The predicted octanol–water partition coefficient (Wildman–Crippen LogP) is 1.80. The summed E-state index contributed by atoms with van der Waals surface area (Å²) in [7, 11) is 0. The first-order chi connectivity index (χ1) is 9.92. The van der Waals surface area contributed by atoms with Crippen molar-refractivity contribution >= 4 is 17.6 Å². The van der Waals surface area contributed by atoms with Gasteiger partial charge in [0.25, 0.3) is 0 Å². The maximum Gasteiger partial charge on any atom is 0.305 e. The minimum atomic E-state index is -0.894. The van der Waals surface area contributed by atoms with Crippen LogP contribution in [0.25, 0.3) is 0 Å². The van der Waals surface area contributed by atoms with E-state index in [4.69, 9.17) is 5.11 Å². The van der Waals surface area contributed by atoms with E-state index in [2.05, 4.69) is 5.32 Å². The third-order valence-corrected chi connectivity index (χ3v) is 4.03. The number of carboxylic acid groups (broad SMARTS) is 1. The highest BCUT2D eigenvalue weighted by molar-refractivity contribution is 5.98. The van der Waals surface area contributed by atoms with Gasteiger partial charge < -0.3 is 15.3 Å². The Morgan fingerprint density at radius 1 is 1.33 bits per heavy atom. The van der Waals surface area contributed by atoms with Crippen LogP contribution in [0.1, 0.15) is 25.3 Å². The first kappa shape index (κ1) is 15.5. The number of nitrogens with zero attached hydrogens (tertiary/aromatic N) is 1. The monoisotopic (exact) mass is 290 g/mol. The number of hydrogen-bond donors (Lipinski definition) is 2. The summed E-state index contributed by atoms with van der Waals surface area (Å²) in [6.07, 6.45) is 0.727. The Morgan fingerprint density at radius 2 is 2.00 bits per heavy atom. The minimum Gasteiger partial charge on any atom is -0.481 e. The Kier molecular flexibility index (Phi) is 4.63. The quantitative estimate of drug-likeness (QED) is 0.867. The number of carboxylic acids is 1. The van der Waals surface area contributed by atoms with E-state index in [0.29, 0.717) is 6.54 Å². The van der Waals surface area contributed by atoms with Gasteiger partial charge in [-0.25, -0.2) is 0 Å². The SMILES string of the molecule is Cc1ccc(N(CCC(=O)O)C(=O)C2(C)CCNC2)cc1. The summed E-state index contributed by atoms with van der Waals surface area (Å²) in [5, 5.41) is 12.1. The number of nitrogens with one attached hydrogen (secondary N) is 1. The molecule has 1 aromatic rings. The van der Waals surface area contributed by atoms with E-state index in [-0.39, 0.29) is 18.9 Å². The summed E-state index contributed by atoms with van der Waals surface area (Å²) < 4.78 is 0. The van der Waals surface area contributed by atoms with Crippen molar-refractivity contribution in [3.05, 3.63) is 29.8 Å². The molecule has 0 aromatic heterocycles. The molecule has 0 aliphatic carbocycles. The van der Waals surface area contributed by atoms with Crippen LogP contribution < -0.4 is 10.2 Å². The van der Waals surface area contributed by atoms with Crippen molar-refractivity contribution in [1.82, 2.24) is 5.32 Å². The molecule has 1 unspecified atom stereocenters. The van der Waals surface area contributed by atoms with Gasteiger partial charge in [0, 0.05) is 18.8 Å². The molecule has 1 heterocycles. The smallest absolute Gasteiger partial charge is 0.305 e. The topological polar surface area (TPSA) is 69.6 Å². The third kappa shape index (κ3) is 3.61. The molecule has 2 N–H and O–H groups in total. The lowest BCUT2D eigenvalue weighted by Gasteiger charge is -2.31. The molecule has 1 saturated heterocycles. The second kappa shape index (κ2) is 6.26. The van der Waals surface area contributed by atoms with Crippen LogP contribution in [0.15, 0.2) is 24.3 Å². The molecule has 1 aliphatic heterocycles. The summed E-state index contributed by atoms with van der Waals surface area (Å²) >= 11 is 0. The standard InChI is InChI=1S/C16H22N2O3/c1-12-3-5-13(6-4-12)18(10-7-14(19)20)15(21)16(2)8-9-17-11-16/h3-6,17H,7-11H2,1-2H3,(H,19,20). The Labute approximate surface area is 125 Å². The van der Waals surface area contributed by atoms with E-state index in [1.165, 1.54) is 0 Å². The number of carbonyl (C=O) groups is 2. The molecular formula is C16H22N2O3. The van der Waals surface area contributed by atoms with Gasteiger partial charge in [-0.2, -0.15) is 0 Å². The highest BCUT2D eigenvalue weighted by Gasteiger charge is 2.39. The molecule has 1 amide bonds. The fourth-order valence-electron chi connectivity index (χ4n) is 2.61. The largest absolute Gasteiger partial charge is 0.481 e. The maximum atomic E-state index is 12.9. The van der Waals surface area contributed by atoms with Crippen molar-refractivity contribution in [3.8, 4) is 0 Å². The van der Waals surface area contributed by atoms with Crippen LogP contribution in [0, 0.1) is 12.3 Å². The molecule has 21 heavy (non-hydrogen) atoms. The van der Waals surface area contributed by atoms with Crippen LogP contribution >= 0.6 is 0 Å². The highest BCUT2D eigenvalue weighted by Crippen LogP contribution is 2.30. The predicted molar refractivity (Wildman–Crippen MR) is 81.4 cm³/mol. The Morgan fingerprint density at radius 3 is 2.52 bits per heavy atom. The lowest BCUT2D eigenvalue weighted by molar-refractivity contribution is -0.136. The molecule has 1 aliphatic rings. The van der Waals surface area contributed by atoms with Gasteiger partial charge in [-0.15, -0.1) is 0 Å². The molecule has 0 radical (unpaired) electrons. The van der Waals surface area contributed by atoms with Crippen LogP contribution in [0.3, 0.4) is 0 Å². The molecule has 2 rings (SSSR count). The van der Waals surface area contributed by atoms with Crippen molar-refractivity contribution in [1.29, 1.82) is 0 Å². The maximum absolute atomic E-state index is 12.9. The van der Waals surface area contributed by atoms with Crippen LogP contribution in [-0.2, 0) is 9.59 Å². The molecule has 1 fully saturated rings. The van der Waals surface area contributed by atoms with Crippen molar-refractivity contribution < 1.29 is 14.7 Å². The number of carbonyl (C=O) groups excluding carboxylic acids is 1. The number of amides is 1. The molecular weight excluding hydrogens is 268 g/mol. The zero-order chi connectivity index (χ0) is 15.5. The van der Waals surface area contributed by atoms with Gasteiger partial charge in [0.15, 0.2) is 0 Å². The first-order valence-electron chi connectivity index (χ1n) is 7.23. The second-order valence-electron chi connectivity index (χ2n) is 5.92. The number of benzene rings is 1. The van der Waals surface area contributed by atoms with Gasteiger partial charge in [-0.05, 0) is 38.9 Å². The molecule has 5 heteroatoms. The molecule has 1 aromatic carbocycles. The second-order valence-corrected chi connectivity index (χ2v) is 5.92. The van der Waals surface area contributed by atoms with E-state index in [0.717, 1.165) is 24.2 Å². The van der Waals surface area contributed by atoms with Gasteiger partial charge in [0.05, 0.1) is 11.8 Å². The van der Waals surface area contributed by atoms with Crippen LogP contribution in [0.5, 0.6) is 0 Å². The molecule has 0 spiro atoms. The molecule has 1 atom stereocenters. The normalized spacial score (nSPS) is 21.2. The third-order valence-electron chi connectivity index (χ3n) is 4.03. The van der Waals surface area contributed by atoms with Crippen LogP contribution in [-0.4, -0.2) is 36.6 Å². The summed E-state index contributed by atoms with van der Waals surface area (Å²) in [5.41, 5.74) is 1.42. The summed E-state index contributed by atoms with van der Waals surface area (Å²) in [6, 6.07) is 7.62. The number of hydrogen-bond acceptors (Lipinski definition) is 3. The van der Waals surface area contributed by atoms with Gasteiger partial charge in [0.2, 0.25) is 5.91 Å². The zero-order valence-electron chi connectivity index (χ0n) is 12.6. The van der Waals surface area contributed by atoms with Gasteiger partial charge in [-0.3, -0.25) is 9.59 Å².